The maximum atomic E-state index is 13.6. The lowest BCUT2D eigenvalue weighted by Crippen LogP contribution is -2.42. The van der Waals surface area contributed by atoms with Crippen molar-refractivity contribution in [2.45, 2.75) is 4.90 Å². The van der Waals surface area contributed by atoms with Gasteiger partial charge in [-0.05, 0) is 46.8 Å². The van der Waals surface area contributed by atoms with E-state index in [1.165, 1.54) is 35.3 Å². The monoisotopic (exact) mass is 380 g/mol. The number of carbonyl (C=O) groups excluding carboxylic acids is 1. The Morgan fingerprint density at radius 1 is 1.04 bits per heavy atom. The third-order valence-corrected chi connectivity index (χ3v) is 4.53. The molecule has 0 radical (unpaired) electrons. The number of halogens is 2. The van der Waals surface area contributed by atoms with Gasteiger partial charge in [-0.25, -0.2) is 21.9 Å². The lowest BCUT2D eigenvalue weighted by atomic mass is 10.2. The van der Waals surface area contributed by atoms with E-state index < -0.39 is 32.5 Å². The van der Waals surface area contributed by atoms with Crippen LogP contribution in [0.5, 0.6) is 0 Å². The van der Waals surface area contributed by atoms with Gasteiger partial charge < -0.3 is 0 Å². The number of nitrogens with one attached hydrogen (secondary N) is 2. The Morgan fingerprint density at radius 3 is 2.27 bits per heavy atom. The van der Waals surface area contributed by atoms with Crippen LogP contribution in [-0.4, -0.2) is 34.5 Å². The molecule has 0 atom stereocenters. The Bertz CT molecular complexity index is 1020. The molecule has 0 aliphatic rings. The van der Waals surface area contributed by atoms with E-state index in [1.807, 2.05) is 5.43 Å². The highest BCUT2D eigenvalue weighted by Gasteiger charge is 2.24. The Balaban J connectivity index is 1.72. The summed E-state index contributed by atoms with van der Waals surface area (Å²) in [7, 11) is -4.63. The van der Waals surface area contributed by atoms with Crippen molar-refractivity contribution in [3.63, 3.8) is 0 Å². The third-order valence-electron chi connectivity index (χ3n) is 3.23. The van der Waals surface area contributed by atoms with Crippen molar-refractivity contribution in [1.29, 1.82) is 0 Å². The first kappa shape index (κ1) is 17.6. The van der Waals surface area contributed by atoms with Gasteiger partial charge in [0.15, 0.2) is 4.90 Å². The van der Waals surface area contributed by atoms with Gasteiger partial charge in [-0.15, -0.1) is 9.93 Å². The molecule has 9 nitrogen and oxygen atoms in total. The van der Waals surface area contributed by atoms with E-state index in [4.69, 9.17) is 0 Å². The van der Waals surface area contributed by atoms with Gasteiger partial charge in [0.05, 0.1) is 5.69 Å². The molecule has 1 amide bonds. The van der Waals surface area contributed by atoms with Crippen molar-refractivity contribution in [1.82, 2.24) is 30.5 Å². The first-order chi connectivity index (χ1) is 12.4. The van der Waals surface area contributed by atoms with E-state index >= 15 is 0 Å². The molecule has 1 aromatic heterocycles. The summed E-state index contributed by atoms with van der Waals surface area (Å²) in [6.07, 6.45) is 1.35. The second kappa shape index (κ2) is 6.93. The van der Waals surface area contributed by atoms with Crippen molar-refractivity contribution in [2.24, 2.45) is 0 Å². The molecular weight excluding hydrogens is 370 g/mol. The van der Waals surface area contributed by atoms with Crippen molar-refractivity contribution >= 4 is 15.9 Å². The molecule has 2 N–H and O–H groups in total. The molecule has 134 valence electrons. The molecule has 0 spiro atoms. The van der Waals surface area contributed by atoms with Crippen LogP contribution < -0.4 is 10.3 Å². The molecule has 0 saturated heterocycles. The SMILES string of the molecule is O=C(NNS(=O)(=O)c1c(F)cccc1F)c1ccc(-n2cnnn2)cc1. The zero-order chi connectivity index (χ0) is 18.7. The summed E-state index contributed by atoms with van der Waals surface area (Å²) < 4.78 is 52.5. The van der Waals surface area contributed by atoms with Gasteiger partial charge in [-0.1, -0.05) is 6.07 Å². The number of rotatable bonds is 5. The largest absolute Gasteiger partial charge is 0.273 e. The summed E-state index contributed by atoms with van der Waals surface area (Å²) in [4.78, 5) is 12.5. The highest BCUT2D eigenvalue weighted by Crippen LogP contribution is 2.17. The molecule has 0 unspecified atom stereocenters. The third kappa shape index (κ3) is 3.55. The molecule has 0 saturated carbocycles. The average molecular weight is 380 g/mol. The number of aromatic nitrogens is 4. The van der Waals surface area contributed by atoms with Crippen LogP contribution >= 0.6 is 0 Å². The summed E-state index contributed by atoms with van der Waals surface area (Å²) in [6.45, 7) is 0. The number of carbonyl (C=O) groups is 1. The first-order valence-electron chi connectivity index (χ1n) is 6.98. The second-order valence-corrected chi connectivity index (χ2v) is 6.53. The summed E-state index contributed by atoms with van der Waals surface area (Å²) in [6, 6.07) is 8.43. The number of nitrogens with zero attached hydrogens (tertiary/aromatic N) is 4. The van der Waals surface area contributed by atoms with Gasteiger partial charge in [0, 0.05) is 5.56 Å². The Kier molecular flexibility index (Phi) is 4.69. The fourth-order valence-corrected chi connectivity index (χ4v) is 3.00. The van der Waals surface area contributed by atoms with Crippen LogP contribution in [0.3, 0.4) is 0 Å². The lowest BCUT2D eigenvalue weighted by Gasteiger charge is -2.10. The van der Waals surface area contributed by atoms with Crippen LogP contribution in [0, 0.1) is 11.6 Å². The van der Waals surface area contributed by atoms with Crippen molar-refractivity contribution in [3.8, 4) is 5.69 Å². The summed E-state index contributed by atoms with van der Waals surface area (Å²) >= 11 is 0. The van der Waals surface area contributed by atoms with Crippen molar-refractivity contribution in [2.75, 3.05) is 0 Å². The summed E-state index contributed by atoms with van der Waals surface area (Å²) in [5.74, 6) is -3.39. The van der Waals surface area contributed by atoms with Gasteiger partial charge >= 0.3 is 0 Å². The predicted octanol–water partition coefficient (Wildman–Crippen LogP) is 0.564. The van der Waals surface area contributed by atoms with Crippen LogP contribution in [-0.2, 0) is 10.0 Å². The number of hydrogen-bond donors (Lipinski definition) is 2. The normalized spacial score (nSPS) is 11.3. The van der Waals surface area contributed by atoms with Crippen molar-refractivity contribution in [3.05, 3.63) is 66.0 Å². The van der Waals surface area contributed by atoms with Crippen LogP contribution in [0.4, 0.5) is 8.78 Å². The minimum atomic E-state index is -4.63. The van der Waals surface area contributed by atoms with Gasteiger partial charge in [-0.3, -0.25) is 10.2 Å². The zero-order valence-corrected chi connectivity index (χ0v) is 13.6. The van der Waals surface area contributed by atoms with E-state index in [2.05, 4.69) is 15.5 Å². The Morgan fingerprint density at radius 2 is 1.69 bits per heavy atom. The summed E-state index contributed by atoms with van der Waals surface area (Å²) in [5.41, 5.74) is 2.55. The zero-order valence-electron chi connectivity index (χ0n) is 12.8. The molecule has 3 aromatic rings. The highest BCUT2D eigenvalue weighted by atomic mass is 32.2. The number of tetrazole rings is 1. The molecular formula is C14H10F2N6O3S. The smallest absolute Gasteiger partial charge is 0.266 e. The molecule has 2 aromatic carbocycles. The number of amides is 1. The van der Waals surface area contributed by atoms with Gasteiger partial charge in [-0.2, -0.15) is 0 Å². The maximum Gasteiger partial charge on any atom is 0.266 e. The Hall–Kier alpha value is -3.25. The van der Waals surface area contributed by atoms with Gasteiger partial charge in [0.1, 0.15) is 18.0 Å². The molecule has 3 rings (SSSR count). The van der Waals surface area contributed by atoms with Crippen LogP contribution in [0.25, 0.3) is 5.69 Å². The molecule has 0 bridgehead atoms. The van der Waals surface area contributed by atoms with E-state index in [0.717, 1.165) is 18.2 Å². The van der Waals surface area contributed by atoms with Crippen LogP contribution in [0.15, 0.2) is 53.7 Å². The number of hydrazine groups is 1. The first-order valence-corrected chi connectivity index (χ1v) is 8.46. The van der Waals surface area contributed by atoms with E-state index in [9.17, 15) is 22.0 Å². The van der Waals surface area contributed by atoms with E-state index in [-0.39, 0.29) is 5.56 Å². The number of hydrogen-bond acceptors (Lipinski definition) is 6. The molecule has 0 aliphatic heterocycles. The molecule has 0 fully saturated rings. The quantitative estimate of drug-likeness (QED) is 0.625. The van der Waals surface area contributed by atoms with E-state index in [1.54, 1.807) is 4.83 Å². The van der Waals surface area contributed by atoms with Crippen LogP contribution in [0.1, 0.15) is 10.4 Å². The molecule has 26 heavy (non-hydrogen) atoms. The maximum absolute atomic E-state index is 13.6. The molecule has 0 aliphatic carbocycles. The number of benzene rings is 2. The fraction of sp³-hybridized carbons (Fsp3) is 0. The van der Waals surface area contributed by atoms with Gasteiger partial charge in [0.25, 0.3) is 15.9 Å². The summed E-state index contributed by atoms with van der Waals surface area (Å²) in [5, 5.41) is 10.6. The minimum Gasteiger partial charge on any atom is -0.273 e. The van der Waals surface area contributed by atoms with Crippen molar-refractivity contribution < 1.29 is 22.0 Å². The topological polar surface area (TPSA) is 119 Å². The average Bonchev–Trinajstić information content (AvgIpc) is 3.14. The minimum absolute atomic E-state index is 0.0959. The molecule has 12 heteroatoms. The highest BCUT2D eigenvalue weighted by molar-refractivity contribution is 7.89. The number of sulfonamides is 1. The molecule has 1 heterocycles. The Labute approximate surface area is 145 Å². The fourth-order valence-electron chi connectivity index (χ4n) is 2.02. The predicted molar refractivity (Wildman–Crippen MR) is 83.3 cm³/mol. The lowest BCUT2D eigenvalue weighted by molar-refractivity contribution is 0.0945. The van der Waals surface area contributed by atoms with Gasteiger partial charge in [0.2, 0.25) is 0 Å². The second-order valence-electron chi connectivity index (χ2n) is 4.91. The standard InChI is InChI=1S/C14H10F2N6O3S/c15-11-2-1-3-12(16)13(11)26(24,25)21-18-14(23)9-4-6-10(7-5-9)22-8-17-19-20-22/h1-8,21H,(H,18,23). The van der Waals surface area contributed by atoms with Crippen LogP contribution in [0.2, 0.25) is 0 Å². The van der Waals surface area contributed by atoms with E-state index in [0.29, 0.717) is 5.69 Å².